The fraction of sp³-hybridized carbons (Fsp3) is 0.333. The van der Waals surface area contributed by atoms with E-state index >= 15 is 0 Å². The average molecular weight is 94.1 g/mol. The van der Waals surface area contributed by atoms with Crippen molar-refractivity contribution in [3.63, 3.8) is 0 Å². The van der Waals surface area contributed by atoms with Gasteiger partial charge in [0.05, 0.1) is 0 Å². The van der Waals surface area contributed by atoms with Crippen molar-refractivity contribution in [1.29, 1.82) is 0 Å². The van der Waals surface area contributed by atoms with E-state index in [2.05, 4.69) is 0 Å². The van der Waals surface area contributed by atoms with Gasteiger partial charge in [0, 0.05) is 12.0 Å². The van der Waals surface area contributed by atoms with Crippen LogP contribution in [0.25, 0.3) is 0 Å². The average Bonchev–Trinajstić information content (AvgIpc) is 1.55. The van der Waals surface area contributed by atoms with Gasteiger partial charge < -0.3 is 0 Å². The quantitative estimate of drug-likeness (QED) is 0.349. The Bertz CT molecular complexity index is 129. The summed E-state index contributed by atoms with van der Waals surface area (Å²) >= 11 is 0. The monoisotopic (exact) mass is 94.0 g/mol. The molecule has 0 saturated heterocycles. The van der Waals surface area contributed by atoms with Gasteiger partial charge in [-0.15, -0.1) is 0 Å². The van der Waals surface area contributed by atoms with E-state index in [1.54, 1.807) is 12.0 Å². The molecule has 36 valence electrons. The highest BCUT2D eigenvalue weighted by molar-refractivity contribution is 5.47. The summed E-state index contributed by atoms with van der Waals surface area (Å²) in [5.74, 6) is 2.14. The summed E-state index contributed by atoms with van der Waals surface area (Å²) in [6.07, 6.45) is 6.60. The first-order valence-corrected chi connectivity index (χ1v) is 2.31. The molecule has 0 aromatic heterocycles. The first kappa shape index (κ1) is 4.35. The lowest BCUT2D eigenvalue weighted by atomic mass is 9.96. The largest absolute Gasteiger partial charge is 0.234 e. The number of hydrogen-bond acceptors (Lipinski definition) is 1. The molecule has 0 amide bonds. The van der Waals surface area contributed by atoms with E-state index < -0.39 is 0 Å². The van der Waals surface area contributed by atoms with Crippen molar-refractivity contribution in [2.24, 2.45) is 5.92 Å². The van der Waals surface area contributed by atoms with Crippen LogP contribution in [0.3, 0.4) is 0 Å². The molecule has 0 spiro atoms. The highest BCUT2D eigenvalue weighted by Crippen LogP contribution is 2.15. The van der Waals surface area contributed by atoms with E-state index in [1.807, 2.05) is 12.2 Å². The maximum atomic E-state index is 9.59. The Morgan fingerprint density at radius 1 is 1.86 bits per heavy atom. The van der Waals surface area contributed by atoms with Gasteiger partial charge in [-0.1, -0.05) is 12.2 Å². The van der Waals surface area contributed by atoms with Crippen LogP contribution in [0.4, 0.5) is 0 Å². The standard InChI is InChI=1S/C6H6O/c7-5-4-6-2-1-3-6/h1-2,4,6H,3H2. The molecule has 1 aliphatic rings. The number of allylic oxidation sites excluding steroid dienone is 3. The van der Waals surface area contributed by atoms with Gasteiger partial charge in [-0.2, -0.15) is 0 Å². The van der Waals surface area contributed by atoms with E-state index in [9.17, 15) is 4.79 Å². The molecule has 0 radical (unpaired) electrons. The molecular formula is C6H6O. The lowest BCUT2D eigenvalue weighted by Gasteiger charge is -2.08. The second-order valence-electron chi connectivity index (χ2n) is 1.61. The zero-order chi connectivity index (χ0) is 5.11. The first-order valence-electron chi connectivity index (χ1n) is 2.31. The molecule has 0 N–H and O–H groups in total. The third kappa shape index (κ3) is 0.787. The van der Waals surface area contributed by atoms with Gasteiger partial charge in [-0.3, -0.25) is 0 Å². The van der Waals surface area contributed by atoms with E-state index in [0.717, 1.165) is 6.42 Å². The number of carbonyl (C=O) groups excluding carboxylic acids is 1. The van der Waals surface area contributed by atoms with Crippen LogP contribution in [0.15, 0.2) is 18.2 Å². The number of rotatable bonds is 1. The van der Waals surface area contributed by atoms with Gasteiger partial charge in [-0.05, 0) is 6.42 Å². The highest BCUT2D eigenvalue weighted by Gasteiger charge is 2.03. The molecule has 0 aliphatic heterocycles. The van der Waals surface area contributed by atoms with Gasteiger partial charge in [0.15, 0.2) is 0 Å². The molecule has 1 aliphatic carbocycles. The van der Waals surface area contributed by atoms with Crippen LogP contribution in [0, 0.1) is 5.92 Å². The molecule has 1 heteroatoms. The smallest absolute Gasteiger partial charge is 0.120 e. The Morgan fingerprint density at radius 3 is 2.71 bits per heavy atom. The second kappa shape index (κ2) is 1.76. The topological polar surface area (TPSA) is 17.1 Å². The summed E-state index contributed by atoms with van der Waals surface area (Å²) in [4.78, 5) is 9.59. The molecule has 7 heavy (non-hydrogen) atoms. The van der Waals surface area contributed by atoms with E-state index in [4.69, 9.17) is 0 Å². The predicted molar refractivity (Wildman–Crippen MR) is 27.5 cm³/mol. The van der Waals surface area contributed by atoms with Crippen LogP contribution in [-0.2, 0) is 4.79 Å². The maximum absolute atomic E-state index is 9.59. The summed E-state index contributed by atoms with van der Waals surface area (Å²) in [5.41, 5.74) is 0. The van der Waals surface area contributed by atoms with Gasteiger partial charge in [0.1, 0.15) is 5.94 Å². The van der Waals surface area contributed by atoms with Gasteiger partial charge in [0.2, 0.25) is 0 Å². The molecule has 0 saturated carbocycles. The molecular weight excluding hydrogens is 88.1 g/mol. The van der Waals surface area contributed by atoms with E-state index in [-0.39, 0.29) is 0 Å². The Kier molecular flexibility index (Phi) is 1.10. The van der Waals surface area contributed by atoms with E-state index in [1.165, 1.54) is 0 Å². The molecule has 1 atom stereocenters. The summed E-state index contributed by atoms with van der Waals surface area (Å²) in [6, 6.07) is 0. The SMILES string of the molecule is O=C=CC1C=CC1. The normalized spacial score (nSPS) is 25.4. The van der Waals surface area contributed by atoms with Crippen molar-refractivity contribution in [2.45, 2.75) is 6.42 Å². The van der Waals surface area contributed by atoms with Crippen molar-refractivity contribution in [3.8, 4) is 0 Å². The summed E-state index contributed by atoms with van der Waals surface area (Å²) < 4.78 is 0. The van der Waals surface area contributed by atoms with Crippen LogP contribution in [0.1, 0.15) is 6.42 Å². The molecule has 0 bridgehead atoms. The Balaban J connectivity index is 2.44. The molecule has 0 fully saturated rings. The van der Waals surface area contributed by atoms with Gasteiger partial charge in [-0.25, -0.2) is 4.79 Å². The lowest BCUT2D eigenvalue weighted by molar-refractivity contribution is 0.566. The van der Waals surface area contributed by atoms with Crippen LogP contribution >= 0.6 is 0 Å². The van der Waals surface area contributed by atoms with Crippen LogP contribution < -0.4 is 0 Å². The van der Waals surface area contributed by atoms with Crippen molar-refractivity contribution < 1.29 is 4.79 Å². The maximum Gasteiger partial charge on any atom is 0.120 e. The van der Waals surface area contributed by atoms with Crippen molar-refractivity contribution in [1.82, 2.24) is 0 Å². The summed E-state index contributed by atoms with van der Waals surface area (Å²) in [6.45, 7) is 0. The van der Waals surface area contributed by atoms with Crippen LogP contribution in [0.2, 0.25) is 0 Å². The third-order valence-electron chi connectivity index (χ3n) is 1.07. The minimum Gasteiger partial charge on any atom is -0.234 e. The van der Waals surface area contributed by atoms with Crippen LogP contribution in [-0.4, -0.2) is 5.94 Å². The lowest BCUT2D eigenvalue weighted by Crippen LogP contribution is -1.97. The zero-order valence-corrected chi connectivity index (χ0v) is 3.92. The van der Waals surface area contributed by atoms with Crippen molar-refractivity contribution >= 4 is 5.94 Å². The summed E-state index contributed by atoms with van der Waals surface area (Å²) in [7, 11) is 0. The summed E-state index contributed by atoms with van der Waals surface area (Å²) in [5, 5.41) is 0. The van der Waals surface area contributed by atoms with Gasteiger partial charge in [0.25, 0.3) is 0 Å². The predicted octanol–water partition coefficient (Wildman–Crippen LogP) is 0.950. The minimum absolute atomic E-state index is 0.400. The Morgan fingerprint density at radius 2 is 2.57 bits per heavy atom. The number of hydrogen-bond donors (Lipinski definition) is 0. The molecule has 0 aromatic carbocycles. The van der Waals surface area contributed by atoms with E-state index in [0.29, 0.717) is 5.92 Å². The Hall–Kier alpha value is -0.810. The molecule has 1 unspecified atom stereocenters. The van der Waals surface area contributed by atoms with Crippen molar-refractivity contribution in [3.05, 3.63) is 18.2 Å². The van der Waals surface area contributed by atoms with Crippen molar-refractivity contribution in [2.75, 3.05) is 0 Å². The highest BCUT2D eigenvalue weighted by atomic mass is 16.1. The molecule has 1 nitrogen and oxygen atoms in total. The minimum atomic E-state index is 0.400. The molecule has 0 heterocycles. The fourth-order valence-electron chi connectivity index (χ4n) is 0.504. The zero-order valence-electron chi connectivity index (χ0n) is 3.92. The molecule has 1 rings (SSSR count). The first-order chi connectivity index (χ1) is 3.43. The van der Waals surface area contributed by atoms with Gasteiger partial charge >= 0.3 is 0 Å². The molecule has 0 aromatic rings. The van der Waals surface area contributed by atoms with Crippen LogP contribution in [0.5, 0.6) is 0 Å². The fourth-order valence-corrected chi connectivity index (χ4v) is 0.504. The third-order valence-corrected chi connectivity index (χ3v) is 1.07. The second-order valence-corrected chi connectivity index (χ2v) is 1.61. The Labute approximate surface area is 42.3 Å².